The third-order valence-electron chi connectivity index (χ3n) is 3.22. The molecular weight excluding hydrogens is 168 g/mol. The van der Waals surface area contributed by atoms with E-state index in [1.165, 1.54) is 0 Å². The first kappa shape index (κ1) is 8.73. The number of rotatable bonds is 0. The molecule has 1 aliphatic heterocycles. The van der Waals surface area contributed by atoms with Crippen LogP contribution in [0.4, 0.5) is 0 Å². The zero-order chi connectivity index (χ0) is 9.85. The van der Waals surface area contributed by atoms with E-state index in [1.807, 2.05) is 20.8 Å². The Hall–Kier alpha value is -0.860. The van der Waals surface area contributed by atoms with Crippen LogP contribution in [0.15, 0.2) is 0 Å². The van der Waals surface area contributed by atoms with Crippen LogP contribution < -0.4 is 0 Å². The van der Waals surface area contributed by atoms with Gasteiger partial charge in [-0.3, -0.25) is 9.59 Å². The number of cyclic esters (lactones) is 1. The van der Waals surface area contributed by atoms with E-state index >= 15 is 0 Å². The summed E-state index contributed by atoms with van der Waals surface area (Å²) in [6.45, 7) is 5.65. The second kappa shape index (κ2) is 2.14. The lowest BCUT2D eigenvalue weighted by molar-refractivity contribution is -0.203. The van der Waals surface area contributed by atoms with Gasteiger partial charge in [0.15, 0.2) is 0 Å². The first-order valence-electron chi connectivity index (χ1n) is 4.60. The number of esters is 1. The Kier molecular flexibility index (Phi) is 1.44. The maximum absolute atomic E-state index is 11.4. The molecule has 1 saturated carbocycles. The summed E-state index contributed by atoms with van der Waals surface area (Å²) < 4.78 is 5.18. The standard InChI is InChI=1S/C10H14O3/c1-9(2)8-6(11)4-10(8,3)5-7(12)13-9/h8H,4-5H2,1-3H3/t8?,10-/m1/s1. The van der Waals surface area contributed by atoms with Crippen LogP contribution in [0.5, 0.6) is 0 Å². The van der Waals surface area contributed by atoms with Crippen molar-refractivity contribution in [3.8, 4) is 0 Å². The van der Waals surface area contributed by atoms with Crippen molar-refractivity contribution in [2.45, 2.75) is 39.2 Å². The zero-order valence-electron chi connectivity index (χ0n) is 8.22. The van der Waals surface area contributed by atoms with Gasteiger partial charge in [-0.15, -0.1) is 0 Å². The topological polar surface area (TPSA) is 43.4 Å². The molecule has 3 nitrogen and oxygen atoms in total. The molecule has 0 aromatic carbocycles. The molecule has 2 rings (SSSR count). The third kappa shape index (κ3) is 1.02. The molecular formula is C10H14O3. The van der Waals surface area contributed by atoms with Gasteiger partial charge in [-0.2, -0.15) is 0 Å². The van der Waals surface area contributed by atoms with E-state index < -0.39 is 5.60 Å². The van der Waals surface area contributed by atoms with Gasteiger partial charge in [-0.25, -0.2) is 0 Å². The quantitative estimate of drug-likeness (QED) is 0.530. The average molecular weight is 182 g/mol. The maximum atomic E-state index is 11.4. The van der Waals surface area contributed by atoms with Crippen molar-refractivity contribution in [3.63, 3.8) is 0 Å². The molecule has 2 atom stereocenters. The van der Waals surface area contributed by atoms with Gasteiger partial charge in [-0.1, -0.05) is 6.92 Å². The maximum Gasteiger partial charge on any atom is 0.306 e. The van der Waals surface area contributed by atoms with Gasteiger partial charge in [-0.05, 0) is 19.3 Å². The van der Waals surface area contributed by atoms with E-state index in [0.29, 0.717) is 12.8 Å². The van der Waals surface area contributed by atoms with Crippen LogP contribution in [0.25, 0.3) is 0 Å². The first-order valence-corrected chi connectivity index (χ1v) is 4.60. The van der Waals surface area contributed by atoms with Gasteiger partial charge in [0.1, 0.15) is 11.4 Å². The van der Waals surface area contributed by atoms with E-state index in [4.69, 9.17) is 4.74 Å². The summed E-state index contributed by atoms with van der Waals surface area (Å²) in [6.07, 6.45) is 0.934. The molecule has 1 heterocycles. The van der Waals surface area contributed by atoms with Crippen molar-refractivity contribution >= 4 is 11.8 Å². The second-order valence-electron chi connectivity index (χ2n) is 4.98. The van der Waals surface area contributed by atoms with E-state index in [-0.39, 0.29) is 23.1 Å². The Morgan fingerprint density at radius 1 is 1.23 bits per heavy atom. The molecule has 0 spiro atoms. The van der Waals surface area contributed by atoms with E-state index in [9.17, 15) is 9.59 Å². The molecule has 13 heavy (non-hydrogen) atoms. The highest BCUT2D eigenvalue weighted by Crippen LogP contribution is 2.55. The van der Waals surface area contributed by atoms with Crippen LogP contribution in [-0.4, -0.2) is 17.4 Å². The Bertz CT molecular complexity index is 275. The number of ether oxygens (including phenoxy) is 1. The van der Waals surface area contributed by atoms with Crippen LogP contribution in [0.1, 0.15) is 33.6 Å². The highest BCUT2D eigenvalue weighted by atomic mass is 16.6. The average Bonchev–Trinajstić information content (AvgIpc) is 1.77. The molecule has 0 N–H and O–H groups in total. The van der Waals surface area contributed by atoms with E-state index in [2.05, 4.69) is 0 Å². The molecule has 0 bridgehead atoms. The number of hydrogen-bond acceptors (Lipinski definition) is 3. The molecule has 1 saturated heterocycles. The molecule has 2 fully saturated rings. The minimum absolute atomic E-state index is 0.0855. The van der Waals surface area contributed by atoms with Gasteiger partial charge < -0.3 is 4.74 Å². The Morgan fingerprint density at radius 2 is 1.85 bits per heavy atom. The summed E-state index contributed by atoms with van der Waals surface area (Å²) in [5.74, 6) is -0.0195. The fourth-order valence-electron chi connectivity index (χ4n) is 2.97. The summed E-state index contributed by atoms with van der Waals surface area (Å²) in [7, 11) is 0. The lowest BCUT2D eigenvalue weighted by atomic mass is 9.52. The predicted molar refractivity (Wildman–Crippen MR) is 46.0 cm³/mol. The molecule has 1 aliphatic carbocycles. The number of hydrogen-bond donors (Lipinski definition) is 0. The monoisotopic (exact) mass is 182 g/mol. The molecule has 0 amide bonds. The summed E-state index contributed by atoms with van der Waals surface area (Å²) in [5.41, 5.74) is -0.727. The lowest BCUT2D eigenvalue weighted by Crippen LogP contribution is -2.62. The number of fused-ring (bicyclic) bond motifs is 1. The van der Waals surface area contributed by atoms with Crippen molar-refractivity contribution < 1.29 is 14.3 Å². The predicted octanol–water partition coefficient (Wildman–Crippen LogP) is 1.31. The molecule has 0 aromatic rings. The SMILES string of the molecule is CC1(C)OC(=O)C[C@@]2(C)CC(=O)C12. The first-order chi connectivity index (χ1) is 5.85. The van der Waals surface area contributed by atoms with Crippen LogP contribution in [0, 0.1) is 11.3 Å². The highest BCUT2D eigenvalue weighted by molar-refractivity contribution is 5.93. The molecule has 2 aliphatic rings. The Balaban J connectivity index is 2.34. The number of carbonyl (C=O) groups is 2. The van der Waals surface area contributed by atoms with Gasteiger partial charge in [0, 0.05) is 6.42 Å². The fourth-order valence-corrected chi connectivity index (χ4v) is 2.97. The smallest absolute Gasteiger partial charge is 0.306 e. The fraction of sp³-hybridized carbons (Fsp3) is 0.800. The summed E-state index contributed by atoms with van der Waals surface area (Å²) >= 11 is 0. The van der Waals surface area contributed by atoms with Crippen molar-refractivity contribution in [2.24, 2.45) is 11.3 Å². The van der Waals surface area contributed by atoms with Gasteiger partial charge >= 0.3 is 5.97 Å². The van der Waals surface area contributed by atoms with Crippen molar-refractivity contribution in [3.05, 3.63) is 0 Å². The molecule has 3 heteroatoms. The minimum atomic E-state index is -0.598. The molecule has 0 aromatic heterocycles. The summed E-state index contributed by atoms with van der Waals surface area (Å²) in [4.78, 5) is 22.6. The van der Waals surface area contributed by atoms with Crippen LogP contribution in [0.3, 0.4) is 0 Å². The molecule has 1 unspecified atom stereocenters. The Labute approximate surface area is 77.4 Å². The Morgan fingerprint density at radius 3 is 2.31 bits per heavy atom. The summed E-state index contributed by atoms with van der Waals surface area (Å²) in [5, 5.41) is 0. The lowest BCUT2D eigenvalue weighted by Gasteiger charge is -2.55. The van der Waals surface area contributed by atoms with Gasteiger partial charge in [0.25, 0.3) is 0 Å². The van der Waals surface area contributed by atoms with Gasteiger partial charge in [0.05, 0.1) is 12.3 Å². The third-order valence-corrected chi connectivity index (χ3v) is 3.22. The largest absolute Gasteiger partial charge is 0.459 e. The van der Waals surface area contributed by atoms with Crippen molar-refractivity contribution in [2.75, 3.05) is 0 Å². The van der Waals surface area contributed by atoms with E-state index in [0.717, 1.165) is 0 Å². The molecule has 0 radical (unpaired) electrons. The van der Waals surface area contributed by atoms with E-state index in [1.54, 1.807) is 0 Å². The van der Waals surface area contributed by atoms with Crippen LogP contribution in [0.2, 0.25) is 0 Å². The number of Topliss-reactive ketones (excluding diaryl/α,β-unsaturated/α-hetero) is 1. The zero-order valence-corrected chi connectivity index (χ0v) is 8.22. The normalized spacial score (nSPS) is 41.9. The highest BCUT2D eigenvalue weighted by Gasteiger charge is 2.62. The van der Waals surface area contributed by atoms with Crippen LogP contribution >= 0.6 is 0 Å². The number of ketones is 1. The van der Waals surface area contributed by atoms with Gasteiger partial charge in [0.2, 0.25) is 0 Å². The molecule has 72 valence electrons. The second-order valence-corrected chi connectivity index (χ2v) is 4.98. The van der Waals surface area contributed by atoms with Crippen molar-refractivity contribution in [1.82, 2.24) is 0 Å². The number of carbonyl (C=O) groups excluding carboxylic acids is 2. The van der Waals surface area contributed by atoms with Crippen LogP contribution in [-0.2, 0) is 14.3 Å². The van der Waals surface area contributed by atoms with Crippen molar-refractivity contribution in [1.29, 1.82) is 0 Å². The minimum Gasteiger partial charge on any atom is -0.459 e. The summed E-state index contributed by atoms with van der Waals surface area (Å²) in [6, 6.07) is 0.